The van der Waals surface area contributed by atoms with Gasteiger partial charge < -0.3 is 58.5 Å². The Bertz CT molecular complexity index is 2740. The summed E-state index contributed by atoms with van der Waals surface area (Å²) in [7, 11) is -7.02. The van der Waals surface area contributed by atoms with Crippen LogP contribution in [0.5, 0.6) is 0 Å². The van der Waals surface area contributed by atoms with Gasteiger partial charge in [-0.05, 0) is 172 Å². The standard InChI is InChI=1S/C21H33NO5S.C16H29NO4.C12H21NO3.C10H17NO3.C8H17O5P.Na.H/c1-16-7-9-18(10-8-16)28(24,25)26-14-12-17-11-13-22(15-21(17,5)6)19(23)27-20(2,3)4;1-7-20-13(18)10-12-8-9-17(11-16(12,5)6)14(19)21-15(2,3)4;1-11(2,3)16-10(15)13-7-6-9(14)12(4,5)8-13;1-10(2,3)14-9(13)11-6-4-8(12)5-7-11;1-4-11-8(9)7-14(10,12-5-2)13-6-3;;/h7-10,17H,11-15H2,1-6H3;12H,7-11H2,1-6H3;6-8H2,1-5H3;2*4-7H2,1-3H3;;/q;;;;;+1;-1. The normalized spacial score (nSPS) is 18.8. The molecule has 0 saturated carbocycles. The van der Waals surface area contributed by atoms with Crippen LogP contribution in [0.2, 0.25) is 0 Å². The molecule has 4 amide bonds. The van der Waals surface area contributed by atoms with Crippen LogP contribution in [0.15, 0.2) is 29.2 Å². The summed E-state index contributed by atoms with van der Waals surface area (Å²) in [6.45, 7) is 48.7. The average Bonchev–Trinajstić information content (AvgIpc) is 0.826. The minimum absolute atomic E-state index is 0. The first kappa shape index (κ1) is 89.6. The second kappa shape index (κ2) is 39.3. The maximum absolute atomic E-state index is 12.3. The first-order valence-electron chi connectivity index (χ1n) is 32.5. The van der Waals surface area contributed by atoms with Gasteiger partial charge in [0.05, 0.1) is 37.9 Å². The number of Topliss-reactive ketones (excluding diaryl/α,β-unsaturated/α-hetero) is 2. The van der Waals surface area contributed by atoms with Crippen molar-refractivity contribution in [2.75, 3.05) is 91.6 Å². The number of ether oxygens (including phenoxy) is 6. The van der Waals surface area contributed by atoms with Crippen molar-refractivity contribution in [3.05, 3.63) is 29.8 Å². The third-order valence-electron chi connectivity index (χ3n) is 14.8. The first-order valence-corrected chi connectivity index (χ1v) is 35.7. The second-order valence-corrected chi connectivity index (χ2v) is 33.2. The third kappa shape index (κ3) is 35.8. The molecule has 4 heterocycles. The molecule has 0 spiro atoms. The van der Waals surface area contributed by atoms with Gasteiger partial charge in [0, 0.05) is 83.5 Å². The quantitative estimate of drug-likeness (QED) is 0.0518. The number of esters is 2. The number of amides is 4. The van der Waals surface area contributed by atoms with Gasteiger partial charge >= 0.3 is 73.5 Å². The van der Waals surface area contributed by atoms with E-state index in [1.165, 1.54) is 0 Å². The fraction of sp³-hybridized carbons (Fsp3) is 0.791. The van der Waals surface area contributed by atoms with Crippen molar-refractivity contribution < 1.29 is 124 Å². The van der Waals surface area contributed by atoms with E-state index in [9.17, 15) is 51.3 Å². The van der Waals surface area contributed by atoms with Gasteiger partial charge in [0.2, 0.25) is 0 Å². The molecule has 4 aliphatic heterocycles. The molecule has 0 aromatic heterocycles. The Morgan fingerprint density at radius 2 is 0.915 bits per heavy atom. The Morgan fingerprint density at radius 3 is 1.29 bits per heavy atom. The van der Waals surface area contributed by atoms with Crippen molar-refractivity contribution in [1.29, 1.82) is 0 Å². The molecule has 538 valence electrons. The zero-order chi connectivity index (χ0) is 71.8. The van der Waals surface area contributed by atoms with Crippen molar-refractivity contribution in [2.45, 2.75) is 231 Å². The van der Waals surface area contributed by atoms with Crippen LogP contribution in [0.3, 0.4) is 0 Å². The van der Waals surface area contributed by atoms with Gasteiger partial charge in [0.1, 0.15) is 40.1 Å². The van der Waals surface area contributed by atoms with Gasteiger partial charge in [0.15, 0.2) is 0 Å². The van der Waals surface area contributed by atoms with Crippen molar-refractivity contribution in [3.63, 3.8) is 0 Å². The summed E-state index contributed by atoms with van der Waals surface area (Å²) in [5.74, 6) is 0.228. The number of nitrogens with zero attached hydrogens (tertiary/aromatic N) is 4. The fourth-order valence-electron chi connectivity index (χ4n) is 10.0. The van der Waals surface area contributed by atoms with Crippen LogP contribution < -0.4 is 29.6 Å². The molecule has 5 rings (SSSR count). The number of carbonyl (C=O) groups is 8. The van der Waals surface area contributed by atoms with Crippen molar-refractivity contribution in [1.82, 2.24) is 19.6 Å². The van der Waals surface area contributed by atoms with Gasteiger partial charge in [-0.1, -0.05) is 59.2 Å². The van der Waals surface area contributed by atoms with E-state index < -0.39 is 51.5 Å². The number of rotatable bonds is 15. The van der Waals surface area contributed by atoms with E-state index in [1.807, 2.05) is 111 Å². The molecule has 4 aliphatic rings. The molecule has 1 aromatic rings. The minimum atomic E-state index is -3.74. The van der Waals surface area contributed by atoms with E-state index in [4.69, 9.17) is 36.9 Å². The Kier molecular flexibility index (Phi) is 37.5. The molecule has 0 bridgehead atoms. The number of piperidine rings is 4. The molecule has 24 nitrogen and oxygen atoms in total. The fourth-order valence-corrected chi connectivity index (χ4v) is 12.4. The van der Waals surface area contributed by atoms with Gasteiger partial charge in [0.25, 0.3) is 10.1 Å². The Hall–Kier alpha value is -4.36. The molecule has 0 aliphatic carbocycles. The van der Waals surface area contributed by atoms with Gasteiger partial charge in [-0.2, -0.15) is 8.42 Å². The van der Waals surface area contributed by atoms with Crippen molar-refractivity contribution in [2.24, 2.45) is 28.1 Å². The largest absolute Gasteiger partial charge is 1.00 e. The molecule has 0 N–H and O–H groups in total. The zero-order valence-corrected chi connectivity index (χ0v) is 65.3. The van der Waals surface area contributed by atoms with Crippen molar-refractivity contribution >= 4 is 65.6 Å². The van der Waals surface area contributed by atoms with Crippen LogP contribution in [0.1, 0.15) is 204 Å². The Balaban J connectivity index is 0. The number of ketones is 2. The minimum Gasteiger partial charge on any atom is -1.00 e. The summed E-state index contributed by atoms with van der Waals surface area (Å²) < 4.78 is 82.6. The van der Waals surface area contributed by atoms with Crippen LogP contribution >= 0.6 is 7.60 Å². The van der Waals surface area contributed by atoms with Crippen LogP contribution in [0.4, 0.5) is 19.2 Å². The summed E-state index contributed by atoms with van der Waals surface area (Å²) in [6, 6.07) is 6.64. The summed E-state index contributed by atoms with van der Waals surface area (Å²) >= 11 is 0. The predicted octanol–water partition coefficient (Wildman–Crippen LogP) is 10.3. The van der Waals surface area contributed by atoms with Gasteiger partial charge in [-0.25, -0.2) is 19.2 Å². The van der Waals surface area contributed by atoms with Crippen LogP contribution in [0.25, 0.3) is 0 Å². The summed E-state index contributed by atoms with van der Waals surface area (Å²) in [5.41, 5.74) is -1.67. The summed E-state index contributed by atoms with van der Waals surface area (Å²) in [6.07, 6.45) is 2.45. The molecule has 94 heavy (non-hydrogen) atoms. The third-order valence-corrected chi connectivity index (χ3v) is 18.1. The summed E-state index contributed by atoms with van der Waals surface area (Å²) in [4.78, 5) is 99.9. The molecule has 27 heteroatoms. The molecular formula is C67H118N4NaO20PS. The number of hydrogen-bond acceptors (Lipinski definition) is 20. The monoisotopic (exact) mass is 1380 g/mol. The molecule has 0 radical (unpaired) electrons. The maximum Gasteiger partial charge on any atom is 1.00 e. The van der Waals surface area contributed by atoms with Crippen LogP contribution in [0, 0.1) is 35.0 Å². The molecule has 4 saturated heterocycles. The van der Waals surface area contributed by atoms with E-state index in [-0.39, 0.29) is 133 Å². The SMILES string of the molecule is CC(C)(C)OC(=O)N1CCC(=O)C(C)(C)C1.CC(C)(C)OC(=O)N1CCC(=O)CC1.CCOC(=O)CC1CCN(C(=O)OC(C)(C)C)CC1(C)C.CCOC(=O)CP(=O)(OCC)OCC.Cc1ccc(S(=O)(=O)OCCC2CCN(C(=O)OC(C)(C)C)CC2(C)C)cc1.[H-].[Na+]. The number of benzene rings is 1. The van der Waals surface area contributed by atoms with E-state index >= 15 is 0 Å². The number of aryl methyl sites for hydroxylation is 1. The maximum atomic E-state index is 12.3. The molecule has 1 aromatic carbocycles. The van der Waals surface area contributed by atoms with Crippen LogP contribution in [-0.2, 0) is 75.5 Å². The molecule has 4 fully saturated rings. The average molecular weight is 1390 g/mol. The Labute approximate surface area is 586 Å². The van der Waals surface area contributed by atoms with Gasteiger partial charge in [-0.3, -0.25) is 27.9 Å². The topological polar surface area (TPSA) is 284 Å². The summed E-state index contributed by atoms with van der Waals surface area (Å²) in [5, 5.41) is 0. The van der Waals surface area contributed by atoms with E-state index in [0.717, 1.165) is 18.4 Å². The smallest absolute Gasteiger partial charge is 1.00 e. The Morgan fingerprint density at radius 1 is 0.543 bits per heavy atom. The second-order valence-electron chi connectivity index (χ2n) is 29.5. The van der Waals surface area contributed by atoms with Gasteiger partial charge in [-0.15, -0.1) is 0 Å². The zero-order valence-electron chi connectivity index (χ0n) is 62.6. The molecule has 2 atom stereocenters. The van der Waals surface area contributed by atoms with E-state index in [1.54, 1.807) is 64.6 Å². The molecule has 2 unspecified atom stereocenters. The molecular weight excluding hydrogens is 1270 g/mol. The number of carbonyl (C=O) groups excluding carboxylic acids is 8. The van der Waals surface area contributed by atoms with Crippen LogP contribution in [-0.4, -0.2) is 190 Å². The van der Waals surface area contributed by atoms with Crippen molar-refractivity contribution in [3.8, 4) is 0 Å². The number of hydrogen-bond donors (Lipinski definition) is 0. The first-order chi connectivity index (χ1) is 42.4. The number of likely N-dealkylation sites (tertiary alicyclic amines) is 4. The van der Waals surface area contributed by atoms with E-state index in [2.05, 4.69) is 32.4 Å². The van der Waals surface area contributed by atoms with E-state index in [0.29, 0.717) is 91.1 Å². The predicted molar refractivity (Wildman–Crippen MR) is 356 cm³/mol.